The number of urea groups is 1. The average Bonchev–Trinajstić information content (AvgIpc) is 3.63. The Bertz CT molecular complexity index is 1470. The van der Waals surface area contributed by atoms with Crippen LogP contribution < -0.4 is 10.2 Å². The second-order valence-electron chi connectivity index (χ2n) is 10.5. The highest BCUT2D eigenvalue weighted by atomic mass is 19.1. The van der Waals surface area contributed by atoms with Crippen LogP contribution in [0.4, 0.5) is 19.7 Å². The first-order valence-corrected chi connectivity index (χ1v) is 12.9. The highest BCUT2D eigenvalue weighted by Crippen LogP contribution is 2.41. The van der Waals surface area contributed by atoms with E-state index in [0.29, 0.717) is 16.9 Å². The summed E-state index contributed by atoms with van der Waals surface area (Å²) in [5, 5.41) is 3.85. The summed E-state index contributed by atoms with van der Waals surface area (Å²) in [6.07, 6.45) is 2.56. The number of carbonyl (C=O) groups is 3. The van der Waals surface area contributed by atoms with Crippen LogP contribution in [0.25, 0.3) is 16.7 Å². The molecule has 1 aliphatic heterocycles. The number of nitrogens with zero attached hydrogens (tertiary/aromatic N) is 2. The van der Waals surface area contributed by atoms with Crippen LogP contribution in [-0.4, -0.2) is 54.2 Å². The molecule has 0 spiro atoms. The summed E-state index contributed by atoms with van der Waals surface area (Å²) >= 11 is 0. The fourth-order valence-corrected chi connectivity index (χ4v) is 4.86. The zero-order valence-electron chi connectivity index (χ0n) is 22.3. The highest BCUT2D eigenvalue weighted by Gasteiger charge is 2.37. The number of amides is 3. The van der Waals surface area contributed by atoms with E-state index < -0.39 is 17.4 Å². The molecule has 0 atom stereocenters. The fourth-order valence-electron chi connectivity index (χ4n) is 4.86. The Morgan fingerprint density at radius 2 is 1.87 bits per heavy atom. The molecule has 5 rings (SSSR count). The number of nitrogens with one attached hydrogen (secondary N) is 2. The molecule has 3 aromatic rings. The van der Waals surface area contributed by atoms with Crippen LogP contribution in [0.1, 0.15) is 55.2 Å². The van der Waals surface area contributed by atoms with Crippen molar-refractivity contribution in [3.05, 3.63) is 71.3 Å². The van der Waals surface area contributed by atoms with Crippen molar-refractivity contribution in [1.82, 2.24) is 15.2 Å². The molecule has 2 heterocycles. The second-order valence-corrected chi connectivity index (χ2v) is 10.5. The molecule has 1 saturated carbocycles. The van der Waals surface area contributed by atoms with Gasteiger partial charge in [-0.25, -0.2) is 14.0 Å². The highest BCUT2D eigenvalue weighted by molar-refractivity contribution is 5.99. The van der Waals surface area contributed by atoms with Crippen molar-refractivity contribution in [3.63, 3.8) is 0 Å². The monoisotopic (exact) mass is 534 g/mol. The second kappa shape index (κ2) is 10.1. The summed E-state index contributed by atoms with van der Waals surface area (Å²) in [6.45, 7) is 6.03. The van der Waals surface area contributed by atoms with E-state index in [1.807, 2.05) is 32.0 Å². The third-order valence-corrected chi connectivity index (χ3v) is 6.95. The zero-order chi connectivity index (χ0) is 27.9. The van der Waals surface area contributed by atoms with Gasteiger partial charge in [-0.2, -0.15) is 0 Å². The summed E-state index contributed by atoms with van der Waals surface area (Å²) < 4.78 is 24.1. The number of aromatic nitrogens is 1. The molecule has 1 aromatic heterocycles. The smallest absolute Gasteiger partial charge is 0.434 e. The first kappa shape index (κ1) is 26.3. The maximum Gasteiger partial charge on any atom is 0.513 e. The number of rotatable bonds is 5. The first-order valence-electron chi connectivity index (χ1n) is 12.9. The Morgan fingerprint density at radius 3 is 2.54 bits per heavy atom. The van der Waals surface area contributed by atoms with Gasteiger partial charge >= 0.3 is 12.2 Å². The molecule has 2 aliphatic rings. The topological polar surface area (TPSA) is 104 Å². The molecule has 204 valence electrons. The molecule has 1 fully saturated rings. The number of hydrogen-bond acceptors (Lipinski definition) is 5. The van der Waals surface area contributed by atoms with Gasteiger partial charge in [-0.3, -0.25) is 9.69 Å². The first-order chi connectivity index (χ1) is 18.6. The molecule has 0 radical (unpaired) electrons. The molecule has 0 unspecified atom stereocenters. The number of halogens is 1. The van der Waals surface area contributed by atoms with Gasteiger partial charge in [0.2, 0.25) is 0 Å². The third kappa shape index (κ3) is 5.32. The van der Waals surface area contributed by atoms with Crippen LogP contribution >= 0.6 is 0 Å². The quantitative estimate of drug-likeness (QED) is 0.420. The normalized spacial score (nSPS) is 16.1. The van der Waals surface area contributed by atoms with Gasteiger partial charge in [0.25, 0.3) is 5.91 Å². The lowest BCUT2D eigenvalue weighted by atomic mass is 9.82. The molecule has 10 heteroatoms. The van der Waals surface area contributed by atoms with Crippen molar-refractivity contribution in [2.75, 3.05) is 25.1 Å². The van der Waals surface area contributed by atoms with Gasteiger partial charge < -0.3 is 24.7 Å². The molecular formula is C29H31FN4O5. The number of benzene rings is 2. The lowest BCUT2D eigenvalue weighted by Gasteiger charge is -2.29. The summed E-state index contributed by atoms with van der Waals surface area (Å²) in [6, 6.07) is 11.0. The van der Waals surface area contributed by atoms with Crippen LogP contribution in [0.15, 0.2) is 48.7 Å². The standard InChI is InChI=1S/C29H31FN4O5/c1-5-38-28(37)39-23-15-34(26(35)17-6-8-18(30)9-7-17)16-29(2,3)24-21-13-12-20(14-22(21)32-25(23)24)33(4)27(36)31-19-10-11-19/h6-9,12-15,19,32H,5,10-11,16H2,1-4H3,(H,31,36). The Morgan fingerprint density at radius 1 is 1.15 bits per heavy atom. The number of ether oxygens (including phenoxy) is 2. The molecule has 9 nitrogen and oxygen atoms in total. The maximum atomic E-state index is 13.5. The summed E-state index contributed by atoms with van der Waals surface area (Å²) in [4.78, 5) is 44.8. The Labute approximate surface area is 225 Å². The summed E-state index contributed by atoms with van der Waals surface area (Å²) in [7, 11) is 1.71. The van der Waals surface area contributed by atoms with Crippen molar-refractivity contribution >= 4 is 40.4 Å². The van der Waals surface area contributed by atoms with Gasteiger partial charge in [0.1, 0.15) is 5.82 Å². The van der Waals surface area contributed by atoms with E-state index in [1.54, 1.807) is 18.9 Å². The van der Waals surface area contributed by atoms with Gasteiger partial charge in [0.15, 0.2) is 5.76 Å². The van der Waals surface area contributed by atoms with Crippen molar-refractivity contribution < 1.29 is 28.2 Å². The van der Waals surface area contributed by atoms with Gasteiger partial charge in [0.05, 0.1) is 18.5 Å². The Hall–Kier alpha value is -4.34. The van der Waals surface area contributed by atoms with Crippen molar-refractivity contribution in [2.45, 2.75) is 45.1 Å². The minimum absolute atomic E-state index is 0.113. The summed E-state index contributed by atoms with van der Waals surface area (Å²) in [5.74, 6) is -0.698. The molecular weight excluding hydrogens is 503 g/mol. The van der Waals surface area contributed by atoms with Crippen molar-refractivity contribution in [2.24, 2.45) is 0 Å². The van der Waals surface area contributed by atoms with E-state index in [9.17, 15) is 18.8 Å². The lowest BCUT2D eigenvalue weighted by molar-refractivity contribution is 0.0788. The molecule has 0 bridgehead atoms. The van der Waals surface area contributed by atoms with E-state index >= 15 is 0 Å². The van der Waals surface area contributed by atoms with E-state index in [4.69, 9.17) is 9.47 Å². The van der Waals surface area contributed by atoms with Crippen LogP contribution in [0.5, 0.6) is 0 Å². The molecule has 1 aliphatic carbocycles. The number of carbonyl (C=O) groups excluding carboxylic acids is 3. The van der Waals surface area contributed by atoms with Crippen molar-refractivity contribution in [3.8, 4) is 0 Å². The SMILES string of the molecule is CCOC(=O)OC1=CN(C(=O)c2ccc(F)cc2)CC(C)(C)c2c1[nH]c1cc(N(C)C(=O)NC3CC3)ccc21. The van der Waals surface area contributed by atoms with Crippen molar-refractivity contribution in [1.29, 1.82) is 0 Å². The number of anilines is 1. The molecule has 39 heavy (non-hydrogen) atoms. The zero-order valence-corrected chi connectivity index (χ0v) is 22.3. The van der Waals surface area contributed by atoms with Gasteiger partial charge in [0, 0.05) is 47.2 Å². The van der Waals surface area contributed by atoms with Crippen LogP contribution in [-0.2, 0) is 14.9 Å². The number of H-pyrrole nitrogens is 1. The predicted molar refractivity (Wildman–Crippen MR) is 145 cm³/mol. The Kier molecular flexibility index (Phi) is 6.80. The van der Waals surface area contributed by atoms with Crippen LogP contribution in [0.3, 0.4) is 0 Å². The van der Waals surface area contributed by atoms with Gasteiger partial charge in [-0.05, 0) is 61.7 Å². The van der Waals surface area contributed by atoms with E-state index in [0.717, 1.165) is 29.3 Å². The minimum atomic E-state index is -0.903. The molecule has 0 saturated heterocycles. The maximum absolute atomic E-state index is 13.5. The molecule has 2 aromatic carbocycles. The fraction of sp³-hybridized carbons (Fsp3) is 0.345. The lowest BCUT2D eigenvalue weighted by Crippen LogP contribution is -2.38. The number of hydrogen-bond donors (Lipinski definition) is 2. The predicted octanol–water partition coefficient (Wildman–Crippen LogP) is 5.52. The summed E-state index contributed by atoms with van der Waals surface area (Å²) in [5.41, 5.74) is 2.51. The van der Waals surface area contributed by atoms with E-state index in [-0.39, 0.29) is 36.9 Å². The minimum Gasteiger partial charge on any atom is -0.434 e. The molecule has 2 N–H and O–H groups in total. The van der Waals surface area contributed by atoms with Gasteiger partial charge in [-0.1, -0.05) is 19.9 Å². The van der Waals surface area contributed by atoms with Crippen LogP contribution in [0, 0.1) is 5.82 Å². The van der Waals surface area contributed by atoms with Crippen LogP contribution in [0.2, 0.25) is 0 Å². The third-order valence-electron chi connectivity index (χ3n) is 6.95. The number of fused-ring (bicyclic) bond motifs is 3. The van der Waals surface area contributed by atoms with E-state index in [2.05, 4.69) is 10.3 Å². The number of aromatic amines is 1. The average molecular weight is 535 g/mol. The molecule has 3 amide bonds. The largest absolute Gasteiger partial charge is 0.513 e. The Balaban J connectivity index is 1.57. The van der Waals surface area contributed by atoms with E-state index in [1.165, 1.54) is 35.4 Å². The van der Waals surface area contributed by atoms with Gasteiger partial charge in [-0.15, -0.1) is 0 Å².